The lowest BCUT2D eigenvalue weighted by Gasteiger charge is -2.22. The lowest BCUT2D eigenvalue weighted by Crippen LogP contribution is -2.45. The highest BCUT2D eigenvalue weighted by atomic mass is 16.5. The van der Waals surface area contributed by atoms with Crippen molar-refractivity contribution in [2.75, 3.05) is 13.2 Å². The fraction of sp³-hybridized carbons (Fsp3) is 0.923. The van der Waals surface area contributed by atoms with Crippen LogP contribution in [0.3, 0.4) is 0 Å². The van der Waals surface area contributed by atoms with Gasteiger partial charge in [-0.2, -0.15) is 0 Å². The van der Waals surface area contributed by atoms with Crippen molar-refractivity contribution in [3.05, 3.63) is 24.3 Å². The molecule has 0 aromatic heterocycles. The summed E-state index contributed by atoms with van der Waals surface area (Å²) in [5.74, 6) is -0.0168. The molecule has 0 aliphatic rings. The van der Waals surface area contributed by atoms with Crippen LogP contribution in [0.5, 0.6) is 0 Å². The van der Waals surface area contributed by atoms with Crippen molar-refractivity contribution in [1.82, 2.24) is 5.32 Å². The molecule has 2 atom stereocenters. The molecule has 84 heavy (non-hydrogen) atoms. The van der Waals surface area contributed by atoms with Gasteiger partial charge in [0.15, 0.2) is 0 Å². The summed E-state index contributed by atoms with van der Waals surface area (Å²) in [6.07, 6.45) is 94.0. The van der Waals surface area contributed by atoms with Crippen molar-refractivity contribution in [3.8, 4) is 0 Å². The van der Waals surface area contributed by atoms with E-state index in [0.717, 1.165) is 44.9 Å². The van der Waals surface area contributed by atoms with Crippen molar-refractivity contribution in [3.63, 3.8) is 0 Å². The minimum Gasteiger partial charge on any atom is -0.466 e. The molecule has 6 nitrogen and oxygen atoms in total. The molecule has 0 heterocycles. The number of aliphatic hydroxyl groups excluding tert-OH is 2. The van der Waals surface area contributed by atoms with E-state index in [2.05, 4.69) is 43.5 Å². The molecule has 2 unspecified atom stereocenters. The minimum absolute atomic E-state index is 0.0113. The summed E-state index contributed by atoms with van der Waals surface area (Å²) in [4.78, 5) is 24.6. The zero-order valence-corrected chi connectivity index (χ0v) is 57.2. The van der Waals surface area contributed by atoms with Crippen molar-refractivity contribution in [2.45, 2.75) is 450 Å². The topological polar surface area (TPSA) is 95.9 Å². The van der Waals surface area contributed by atoms with E-state index >= 15 is 0 Å². The number of carbonyl (C=O) groups excluding carboxylic acids is 2. The van der Waals surface area contributed by atoms with Crippen LogP contribution in [0, 0.1) is 0 Å². The smallest absolute Gasteiger partial charge is 0.305 e. The van der Waals surface area contributed by atoms with Crippen molar-refractivity contribution >= 4 is 11.9 Å². The number of aliphatic hydroxyl groups is 2. The van der Waals surface area contributed by atoms with Gasteiger partial charge in [0.2, 0.25) is 5.91 Å². The van der Waals surface area contributed by atoms with Crippen LogP contribution in [-0.2, 0) is 14.3 Å². The molecule has 0 radical (unpaired) electrons. The Balaban J connectivity index is 3.36. The Hall–Kier alpha value is -1.66. The number of amides is 1. The number of ether oxygens (including phenoxy) is 1. The molecule has 3 N–H and O–H groups in total. The SMILES string of the molecule is CCCCCCCCC/C=C\CCCCCCCC(=O)OCCCCCCCCCCCCCC/C=C\CCCCCCCCCCCCCCCCCC(=O)NC(CO)C(O)CCCCCCCCCCCCCCCCCCCCCC. The van der Waals surface area contributed by atoms with Gasteiger partial charge in [0, 0.05) is 12.8 Å². The van der Waals surface area contributed by atoms with E-state index in [-0.39, 0.29) is 18.5 Å². The highest BCUT2D eigenvalue weighted by Gasteiger charge is 2.20. The van der Waals surface area contributed by atoms with Crippen LogP contribution in [0.15, 0.2) is 24.3 Å². The average Bonchev–Trinajstić information content (AvgIpc) is 3.51. The Labute approximate surface area is 526 Å². The van der Waals surface area contributed by atoms with E-state index < -0.39 is 12.1 Å². The maximum Gasteiger partial charge on any atom is 0.305 e. The van der Waals surface area contributed by atoms with Gasteiger partial charge in [0.25, 0.3) is 0 Å². The van der Waals surface area contributed by atoms with Gasteiger partial charge in [0.1, 0.15) is 0 Å². The van der Waals surface area contributed by atoms with Crippen LogP contribution in [0.4, 0.5) is 0 Å². The minimum atomic E-state index is -0.664. The molecule has 0 aromatic rings. The Morgan fingerprint density at radius 3 is 0.845 bits per heavy atom. The van der Waals surface area contributed by atoms with Gasteiger partial charge in [-0.3, -0.25) is 9.59 Å². The van der Waals surface area contributed by atoms with E-state index in [4.69, 9.17) is 4.74 Å². The van der Waals surface area contributed by atoms with Gasteiger partial charge in [-0.15, -0.1) is 0 Å². The molecular weight excluding hydrogens is 1030 g/mol. The molecule has 0 bridgehead atoms. The molecule has 0 spiro atoms. The lowest BCUT2D eigenvalue weighted by atomic mass is 10.0. The maximum absolute atomic E-state index is 12.6. The number of esters is 1. The summed E-state index contributed by atoms with van der Waals surface area (Å²) in [5, 5.41) is 23.4. The van der Waals surface area contributed by atoms with E-state index in [9.17, 15) is 19.8 Å². The molecule has 1 amide bonds. The predicted molar refractivity (Wildman–Crippen MR) is 370 cm³/mol. The average molecular weight is 1180 g/mol. The third-order valence-corrected chi connectivity index (χ3v) is 18.2. The molecule has 498 valence electrons. The third-order valence-electron chi connectivity index (χ3n) is 18.2. The second-order valence-electron chi connectivity index (χ2n) is 26.7. The first-order valence-corrected chi connectivity index (χ1v) is 38.6. The predicted octanol–water partition coefficient (Wildman–Crippen LogP) is 25.3. The molecule has 6 heteroatoms. The number of unbranched alkanes of at least 4 members (excludes halogenated alkanes) is 58. The number of hydrogen-bond donors (Lipinski definition) is 3. The van der Waals surface area contributed by atoms with Crippen LogP contribution >= 0.6 is 0 Å². The maximum atomic E-state index is 12.6. The van der Waals surface area contributed by atoms with Crippen LogP contribution in [0.1, 0.15) is 438 Å². The fourth-order valence-corrected chi connectivity index (χ4v) is 12.3. The summed E-state index contributed by atoms with van der Waals surface area (Å²) in [6.45, 7) is 4.99. The van der Waals surface area contributed by atoms with E-state index in [1.165, 1.54) is 360 Å². The zero-order chi connectivity index (χ0) is 60.6. The van der Waals surface area contributed by atoms with Gasteiger partial charge in [-0.25, -0.2) is 0 Å². The summed E-state index contributed by atoms with van der Waals surface area (Å²) < 4.78 is 5.50. The van der Waals surface area contributed by atoms with Crippen molar-refractivity contribution in [1.29, 1.82) is 0 Å². The first-order valence-electron chi connectivity index (χ1n) is 38.6. The number of allylic oxidation sites excluding steroid dienone is 4. The molecule has 0 fully saturated rings. The number of nitrogens with one attached hydrogen (secondary N) is 1. The monoisotopic (exact) mass is 1180 g/mol. The fourth-order valence-electron chi connectivity index (χ4n) is 12.3. The van der Waals surface area contributed by atoms with Gasteiger partial charge < -0.3 is 20.3 Å². The first-order chi connectivity index (χ1) is 41.5. The van der Waals surface area contributed by atoms with Crippen LogP contribution < -0.4 is 5.32 Å². The van der Waals surface area contributed by atoms with E-state index in [1.54, 1.807) is 0 Å². The second kappa shape index (κ2) is 73.8. The van der Waals surface area contributed by atoms with Gasteiger partial charge in [-0.05, 0) is 77.0 Å². The molecule has 0 aliphatic heterocycles. The molecule has 0 saturated carbocycles. The Morgan fingerprint density at radius 1 is 0.321 bits per heavy atom. The molecule has 0 aromatic carbocycles. The van der Waals surface area contributed by atoms with Crippen molar-refractivity contribution in [2.24, 2.45) is 0 Å². The van der Waals surface area contributed by atoms with Crippen LogP contribution in [-0.4, -0.2) is 47.4 Å². The molecule has 0 saturated heterocycles. The van der Waals surface area contributed by atoms with Crippen LogP contribution in [0.25, 0.3) is 0 Å². The Kier molecular flexibility index (Phi) is 72.3. The first kappa shape index (κ1) is 82.3. The van der Waals surface area contributed by atoms with Crippen LogP contribution in [0.2, 0.25) is 0 Å². The summed E-state index contributed by atoms with van der Waals surface area (Å²) in [5.41, 5.74) is 0. The largest absolute Gasteiger partial charge is 0.466 e. The normalized spacial score (nSPS) is 12.6. The second-order valence-corrected chi connectivity index (χ2v) is 26.7. The quantitative estimate of drug-likeness (QED) is 0.0320. The van der Waals surface area contributed by atoms with Gasteiger partial charge in [0.05, 0.1) is 25.4 Å². The summed E-state index contributed by atoms with van der Waals surface area (Å²) >= 11 is 0. The van der Waals surface area contributed by atoms with Gasteiger partial charge in [-0.1, -0.05) is 372 Å². The number of hydrogen-bond acceptors (Lipinski definition) is 5. The lowest BCUT2D eigenvalue weighted by molar-refractivity contribution is -0.143. The highest BCUT2D eigenvalue weighted by Crippen LogP contribution is 2.20. The Bertz CT molecular complexity index is 1320. The zero-order valence-electron chi connectivity index (χ0n) is 57.2. The number of rotatable bonds is 73. The van der Waals surface area contributed by atoms with Crippen molar-refractivity contribution < 1.29 is 24.5 Å². The molecular formula is C78H151NO5. The van der Waals surface area contributed by atoms with Gasteiger partial charge >= 0.3 is 5.97 Å². The van der Waals surface area contributed by atoms with E-state index in [1.807, 2.05) is 0 Å². The molecule has 0 rings (SSSR count). The summed E-state index contributed by atoms with van der Waals surface area (Å²) in [6, 6.07) is -0.541. The number of carbonyl (C=O) groups is 2. The standard InChI is InChI=1S/C78H151NO5/c1-3-5-7-9-11-13-15-17-19-21-22-36-39-42-46-50-54-58-62-66-70-76(81)75(74-80)79-77(82)71-67-63-59-55-51-47-43-40-37-34-32-30-28-26-24-23-25-27-29-31-33-35-38-41-45-49-53-57-61-65-69-73-84-78(83)72-68-64-60-56-52-48-44-20-18-16-14-12-10-8-6-4-2/h20,25,27,44,75-76,80-81H,3-19,21-24,26,28-43,45-74H2,1-2H3,(H,79,82)/b27-25-,44-20-. The Morgan fingerprint density at radius 2 is 0.560 bits per heavy atom. The molecule has 0 aliphatic carbocycles. The highest BCUT2D eigenvalue weighted by molar-refractivity contribution is 5.76. The summed E-state index contributed by atoms with van der Waals surface area (Å²) in [7, 11) is 0. The van der Waals surface area contributed by atoms with E-state index in [0.29, 0.717) is 25.9 Å². The third kappa shape index (κ3) is 69.4.